The van der Waals surface area contributed by atoms with Crippen LogP contribution in [0.5, 0.6) is 0 Å². The Morgan fingerprint density at radius 3 is 2.36 bits per heavy atom. The fourth-order valence-corrected chi connectivity index (χ4v) is 3.97. The van der Waals surface area contributed by atoms with Crippen LogP contribution in [0.3, 0.4) is 0 Å². The van der Waals surface area contributed by atoms with Crippen molar-refractivity contribution in [3.8, 4) is 0 Å². The van der Waals surface area contributed by atoms with Gasteiger partial charge in [0.2, 0.25) is 5.91 Å². The smallest absolute Gasteiger partial charge is 0.239 e. The lowest BCUT2D eigenvalue weighted by atomic mass is 9.80. The van der Waals surface area contributed by atoms with E-state index < -0.39 is 6.04 Å². The van der Waals surface area contributed by atoms with Crippen molar-refractivity contribution in [3.63, 3.8) is 0 Å². The highest BCUT2D eigenvalue weighted by atomic mass is 16.2. The molecule has 1 aliphatic carbocycles. The topological polar surface area (TPSA) is 80.5 Å². The Morgan fingerprint density at radius 1 is 1.24 bits per heavy atom. The number of likely N-dealkylation sites (tertiary alicyclic amines) is 1. The Labute approximate surface area is 150 Å². The number of nitrogens with two attached hydrogens (primary N) is 1. The summed E-state index contributed by atoms with van der Waals surface area (Å²) in [5, 5.41) is 0. The first-order valence-electron chi connectivity index (χ1n) is 9.19. The van der Waals surface area contributed by atoms with Crippen molar-refractivity contribution in [3.05, 3.63) is 22.8 Å². The second-order valence-electron chi connectivity index (χ2n) is 7.70. The zero-order valence-electron chi connectivity index (χ0n) is 15.8. The second-order valence-corrected chi connectivity index (χ2v) is 7.70. The highest BCUT2D eigenvalue weighted by Crippen LogP contribution is 2.30. The summed E-state index contributed by atoms with van der Waals surface area (Å²) in [4.78, 5) is 38.6. The number of ketones is 2. The third kappa shape index (κ3) is 4.66. The number of piperidine rings is 1. The minimum atomic E-state index is -0.459. The van der Waals surface area contributed by atoms with E-state index in [1.54, 1.807) is 6.92 Å². The average molecular weight is 346 g/mol. The highest BCUT2D eigenvalue weighted by molar-refractivity contribution is 6.22. The molecular formula is C20H30N2O3. The molecule has 2 atom stereocenters. The first kappa shape index (κ1) is 19.6. The molecule has 1 heterocycles. The van der Waals surface area contributed by atoms with Crippen molar-refractivity contribution in [2.45, 2.75) is 59.4 Å². The molecule has 2 N–H and O–H groups in total. The largest absolute Gasteiger partial charge is 0.341 e. The third-order valence-electron chi connectivity index (χ3n) is 5.41. The first-order chi connectivity index (χ1) is 11.7. The van der Waals surface area contributed by atoms with Crippen LogP contribution >= 0.6 is 0 Å². The van der Waals surface area contributed by atoms with Gasteiger partial charge >= 0.3 is 0 Å². The van der Waals surface area contributed by atoms with Gasteiger partial charge in [-0.05, 0) is 51.0 Å². The number of carbonyl (C=O) groups is 3. The number of hydrogen-bond acceptors (Lipinski definition) is 4. The molecule has 1 amide bonds. The van der Waals surface area contributed by atoms with Gasteiger partial charge in [-0.1, -0.05) is 18.6 Å². The Hall–Kier alpha value is -1.75. The SMILES string of the molecule is CC1=CC(C)=C(C(=O)CC(C)C2CCN(C(=O)[C@H](C)N)CC2)C(=O)C1. The maximum Gasteiger partial charge on any atom is 0.239 e. The van der Waals surface area contributed by atoms with Gasteiger partial charge in [-0.15, -0.1) is 0 Å². The Morgan fingerprint density at radius 2 is 1.84 bits per heavy atom. The zero-order valence-corrected chi connectivity index (χ0v) is 15.8. The average Bonchev–Trinajstić information content (AvgIpc) is 2.53. The number of rotatable bonds is 5. The maximum absolute atomic E-state index is 12.7. The molecule has 1 fully saturated rings. The summed E-state index contributed by atoms with van der Waals surface area (Å²) in [5.41, 5.74) is 7.87. The van der Waals surface area contributed by atoms with Gasteiger partial charge in [0.05, 0.1) is 11.6 Å². The fraction of sp³-hybridized carbons (Fsp3) is 0.650. The molecule has 0 saturated carbocycles. The second kappa shape index (κ2) is 8.09. The number of hydrogen-bond donors (Lipinski definition) is 1. The fourth-order valence-electron chi connectivity index (χ4n) is 3.97. The lowest BCUT2D eigenvalue weighted by molar-refractivity contribution is -0.134. The number of nitrogens with zero attached hydrogens (tertiary/aromatic N) is 1. The van der Waals surface area contributed by atoms with Crippen LogP contribution in [-0.2, 0) is 14.4 Å². The molecule has 0 aromatic carbocycles. The van der Waals surface area contributed by atoms with Gasteiger partial charge in [-0.2, -0.15) is 0 Å². The van der Waals surface area contributed by atoms with E-state index in [9.17, 15) is 14.4 Å². The Balaban J connectivity index is 1.94. The van der Waals surface area contributed by atoms with Crippen molar-refractivity contribution in [2.75, 3.05) is 13.1 Å². The Kier molecular flexibility index (Phi) is 6.33. The summed E-state index contributed by atoms with van der Waals surface area (Å²) in [5.74, 6) is 0.524. The summed E-state index contributed by atoms with van der Waals surface area (Å²) in [6.07, 6.45) is 4.47. The third-order valence-corrected chi connectivity index (χ3v) is 5.41. The minimum Gasteiger partial charge on any atom is -0.341 e. The van der Waals surface area contributed by atoms with E-state index >= 15 is 0 Å². The molecule has 1 unspecified atom stereocenters. The summed E-state index contributed by atoms with van der Waals surface area (Å²) in [6, 6.07) is -0.459. The van der Waals surface area contributed by atoms with Crippen molar-refractivity contribution < 1.29 is 14.4 Å². The van der Waals surface area contributed by atoms with Gasteiger partial charge in [0, 0.05) is 25.9 Å². The summed E-state index contributed by atoms with van der Waals surface area (Å²) in [7, 11) is 0. The molecular weight excluding hydrogens is 316 g/mol. The molecule has 138 valence electrons. The summed E-state index contributed by atoms with van der Waals surface area (Å²) >= 11 is 0. The van der Waals surface area contributed by atoms with Crippen LogP contribution in [0.4, 0.5) is 0 Å². The van der Waals surface area contributed by atoms with E-state index in [1.165, 1.54) is 0 Å². The van der Waals surface area contributed by atoms with Crippen LogP contribution in [-0.4, -0.2) is 41.5 Å². The molecule has 1 saturated heterocycles. The van der Waals surface area contributed by atoms with Gasteiger partial charge in [-0.3, -0.25) is 14.4 Å². The first-order valence-corrected chi connectivity index (χ1v) is 9.19. The molecule has 0 bridgehead atoms. The van der Waals surface area contributed by atoms with Gasteiger partial charge in [0.15, 0.2) is 11.6 Å². The number of amides is 1. The molecule has 2 aliphatic rings. The standard InChI is InChI=1S/C20H30N2O3/c1-12-9-14(3)19(17(23)10-12)18(24)11-13(2)16-5-7-22(8-6-16)20(25)15(4)21/h9,13,15-16H,5-8,10-11,21H2,1-4H3/t13?,15-/m0/s1. The van der Waals surface area contributed by atoms with Gasteiger partial charge < -0.3 is 10.6 Å². The lowest BCUT2D eigenvalue weighted by Crippen LogP contribution is -2.46. The molecule has 2 rings (SSSR count). The predicted molar refractivity (Wildman–Crippen MR) is 97.8 cm³/mol. The molecule has 0 spiro atoms. The van der Waals surface area contributed by atoms with Crippen molar-refractivity contribution in [1.29, 1.82) is 0 Å². The van der Waals surface area contributed by atoms with E-state index in [4.69, 9.17) is 5.73 Å². The molecule has 5 heteroatoms. The van der Waals surface area contributed by atoms with Gasteiger partial charge in [-0.25, -0.2) is 0 Å². The van der Waals surface area contributed by atoms with Crippen molar-refractivity contribution in [2.24, 2.45) is 17.6 Å². The van der Waals surface area contributed by atoms with Crippen molar-refractivity contribution >= 4 is 17.5 Å². The number of carbonyl (C=O) groups excluding carboxylic acids is 3. The van der Waals surface area contributed by atoms with E-state index in [0.29, 0.717) is 37.4 Å². The molecule has 0 radical (unpaired) electrons. The van der Waals surface area contributed by atoms with E-state index in [0.717, 1.165) is 24.0 Å². The molecule has 25 heavy (non-hydrogen) atoms. The van der Waals surface area contributed by atoms with Crippen molar-refractivity contribution in [1.82, 2.24) is 4.90 Å². The van der Waals surface area contributed by atoms with E-state index in [1.807, 2.05) is 24.8 Å². The van der Waals surface area contributed by atoms with Crippen LogP contribution in [0.25, 0.3) is 0 Å². The summed E-state index contributed by atoms with van der Waals surface area (Å²) < 4.78 is 0. The maximum atomic E-state index is 12.7. The van der Waals surface area contributed by atoms with Gasteiger partial charge in [0.1, 0.15) is 0 Å². The number of allylic oxidation sites excluding steroid dienone is 4. The monoisotopic (exact) mass is 346 g/mol. The van der Waals surface area contributed by atoms with Crippen LogP contribution < -0.4 is 5.73 Å². The van der Waals surface area contributed by atoms with E-state index in [2.05, 4.69) is 6.92 Å². The molecule has 5 nitrogen and oxygen atoms in total. The molecule has 0 aromatic heterocycles. The predicted octanol–water partition coefficient (Wildman–Crippen LogP) is 2.40. The highest BCUT2D eigenvalue weighted by Gasteiger charge is 2.30. The quantitative estimate of drug-likeness (QED) is 0.775. The van der Waals surface area contributed by atoms with E-state index in [-0.39, 0.29) is 23.4 Å². The molecule has 0 aromatic rings. The number of Topliss-reactive ketones (excluding diaryl/α,β-unsaturated/α-hetero) is 2. The zero-order chi connectivity index (χ0) is 18.7. The van der Waals surface area contributed by atoms with Crippen LogP contribution in [0.2, 0.25) is 0 Å². The van der Waals surface area contributed by atoms with Gasteiger partial charge in [0.25, 0.3) is 0 Å². The van der Waals surface area contributed by atoms with Crippen LogP contribution in [0.1, 0.15) is 53.4 Å². The Bertz CT molecular complexity index is 623. The lowest BCUT2D eigenvalue weighted by Gasteiger charge is -2.35. The normalized spacial score (nSPS) is 21.9. The summed E-state index contributed by atoms with van der Waals surface area (Å²) in [6.45, 7) is 8.95. The minimum absolute atomic E-state index is 0.00193. The molecule has 1 aliphatic heterocycles. The van der Waals surface area contributed by atoms with Crippen LogP contribution in [0.15, 0.2) is 22.8 Å². The van der Waals surface area contributed by atoms with Crippen LogP contribution in [0, 0.1) is 11.8 Å².